The standard InChI is InChI=1S/C25H50NO.C7H6O3/c1-5-6-7-8-9-10-11-12-13-14-15-16-17-18-19-20-21-22-23-24-25(27)26(2,3)4;8-6-4-2-1-3-5(6)7(9)10/h12-13H,5-11,14-24H2,1-4H3;1-4,8H,(H,9,10)/q+1;/p-1. The van der Waals surface area contributed by atoms with E-state index in [4.69, 9.17) is 5.11 Å². The van der Waals surface area contributed by atoms with Gasteiger partial charge in [-0.05, 0) is 44.2 Å². The number of phenols is 1. The van der Waals surface area contributed by atoms with Gasteiger partial charge in [0.2, 0.25) is 0 Å². The molecule has 0 spiro atoms. The first kappa shape index (κ1) is 34.9. The van der Waals surface area contributed by atoms with Crippen LogP contribution in [0.5, 0.6) is 5.75 Å². The molecule has 0 aliphatic rings. The van der Waals surface area contributed by atoms with E-state index in [2.05, 4.69) is 19.1 Å². The van der Waals surface area contributed by atoms with E-state index in [9.17, 15) is 14.7 Å². The molecule has 0 unspecified atom stereocenters. The number of hydrogen-bond acceptors (Lipinski definition) is 4. The Balaban J connectivity index is 0.00000107. The van der Waals surface area contributed by atoms with Crippen molar-refractivity contribution in [3.63, 3.8) is 0 Å². The Morgan fingerprint density at radius 3 is 1.57 bits per heavy atom. The zero-order valence-corrected chi connectivity index (χ0v) is 24.3. The molecule has 0 atom stereocenters. The summed E-state index contributed by atoms with van der Waals surface area (Å²) >= 11 is 0. The number of para-hydroxylation sites is 1. The Labute approximate surface area is 227 Å². The molecule has 0 aromatic heterocycles. The maximum Gasteiger partial charge on any atom is 0.313 e. The van der Waals surface area contributed by atoms with Gasteiger partial charge in [-0.25, -0.2) is 4.79 Å². The van der Waals surface area contributed by atoms with Crippen LogP contribution in [0.2, 0.25) is 0 Å². The highest BCUT2D eigenvalue weighted by molar-refractivity contribution is 5.88. The van der Waals surface area contributed by atoms with Crippen molar-refractivity contribution in [3.05, 3.63) is 42.0 Å². The number of carboxylic acid groups (broad SMARTS) is 1. The van der Waals surface area contributed by atoms with E-state index >= 15 is 0 Å². The van der Waals surface area contributed by atoms with Gasteiger partial charge in [-0.2, -0.15) is 0 Å². The third-order valence-electron chi connectivity index (χ3n) is 6.52. The van der Waals surface area contributed by atoms with Crippen molar-refractivity contribution < 1.29 is 24.3 Å². The van der Waals surface area contributed by atoms with Crippen molar-refractivity contribution in [3.8, 4) is 5.75 Å². The smallest absolute Gasteiger partial charge is 0.313 e. The first-order valence-electron chi connectivity index (χ1n) is 14.7. The molecule has 1 amide bonds. The lowest BCUT2D eigenvalue weighted by Crippen LogP contribution is -2.40. The molecule has 37 heavy (non-hydrogen) atoms. The molecular formula is C32H55NO4. The maximum absolute atomic E-state index is 11.8. The highest BCUT2D eigenvalue weighted by Gasteiger charge is 2.18. The van der Waals surface area contributed by atoms with Crippen molar-refractivity contribution in [1.29, 1.82) is 0 Å². The van der Waals surface area contributed by atoms with E-state index in [1.807, 2.05) is 21.1 Å². The molecule has 5 nitrogen and oxygen atoms in total. The summed E-state index contributed by atoms with van der Waals surface area (Å²) in [6, 6.07) is 5.64. The molecule has 0 bridgehead atoms. The second-order valence-electron chi connectivity index (χ2n) is 11.0. The summed E-state index contributed by atoms with van der Waals surface area (Å²) in [7, 11) is 5.90. The van der Waals surface area contributed by atoms with Crippen molar-refractivity contribution in [2.45, 2.75) is 122 Å². The lowest BCUT2D eigenvalue weighted by Gasteiger charge is -2.20. The molecule has 1 N–H and O–H groups in total. The number of unbranched alkanes of at least 4 members (excludes halogenated alkanes) is 15. The number of aromatic carboxylic acids is 1. The predicted molar refractivity (Wildman–Crippen MR) is 153 cm³/mol. The number of hydrogen-bond donors (Lipinski definition) is 1. The number of rotatable bonds is 20. The number of aromatic hydroxyl groups is 1. The molecule has 0 saturated heterocycles. The van der Waals surface area contributed by atoms with E-state index in [1.165, 1.54) is 121 Å². The molecule has 0 aliphatic carbocycles. The number of carbonyl (C=O) groups is 2. The van der Waals surface area contributed by atoms with Gasteiger partial charge in [-0.1, -0.05) is 108 Å². The van der Waals surface area contributed by atoms with Crippen LogP contribution in [0, 0.1) is 0 Å². The molecule has 1 rings (SSSR count). The van der Waals surface area contributed by atoms with Crippen molar-refractivity contribution in [2.75, 3.05) is 21.1 Å². The van der Waals surface area contributed by atoms with Gasteiger partial charge in [0.05, 0.1) is 33.5 Å². The minimum Gasteiger partial charge on any atom is -0.545 e. The first-order valence-corrected chi connectivity index (χ1v) is 14.7. The summed E-state index contributed by atoms with van der Waals surface area (Å²) in [5, 5.41) is 19.0. The number of allylic oxidation sites excluding steroid dienone is 2. The SMILES string of the molecule is CCCCCCCCC=CCCCCCCCCCCCC(=O)[N+](C)(C)C.O=C([O-])c1ccccc1O. The van der Waals surface area contributed by atoms with Gasteiger partial charge >= 0.3 is 5.91 Å². The van der Waals surface area contributed by atoms with Crippen LogP contribution in [0.1, 0.15) is 133 Å². The molecule has 0 saturated carbocycles. The fourth-order valence-electron chi connectivity index (χ4n) is 4.04. The van der Waals surface area contributed by atoms with E-state index in [1.54, 1.807) is 6.07 Å². The second-order valence-corrected chi connectivity index (χ2v) is 11.0. The van der Waals surface area contributed by atoms with Gasteiger partial charge in [0, 0.05) is 5.56 Å². The molecule has 1 aromatic rings. The van der Waals surface area contributed by atoms with E-state index in [-0.39, 0.29) is 11.3 Å². The first-order chi connectivity index (χ1) is 17.7. The van der Waals surface area contributed by atoms with Crippen molar-refractivity contribution in [1.82, 2.24) is 0 Å². The number of carbonyl (C=O) groups excluding carboxylic acids is 2. The van der Waals surface area contributed by atoms with Crippen molar-refractivity contribution in [2.24, 2.45) is 0 Å². The largest absolute Gasteiger partial charge is 0.545 e. The van der Waals surface area contributed by atoms with Gasteiger partial charge < -0.3 is 15.0 Å². The average Bonchev–Trinajstić information content (AvgIpc) is 2.85. The summed E-state index contributed by atoms with van der Waals surface area (Å²) in [5.41, 5.74) is -0.178. The van der Waals surface area contributed by atoms with Crippen LogP contribution in [0.15, 0.2) is 36.4 Å². The predicted octanol–water partition coefficient (Wildman–Crippen LogP) is 7.57. The third-order valence-corrected chi connectivity index (χ3v) is 6.52. The molecule has 212 valence electrons. The second kappa shape index (κ2) is 23.0. The molecule has 1 aromatic carbocycles. The number of benzene rings is 1. The fraction of sp³-hybridized carbons (Fsp3) is 0.688. The Bertz CT molecular complexity index is 737. The van der Waals surface area contributed by atoms with Gasteiger partial charge in [-0.15, -0.1) is 0 Å². The summed E-state index contributed by atoms with van der Waals surface area (Å²) in [4.78, 5) is 22.0. The van der Waals surface area contributed by atoms with Crippen LogP contribution in [0.3, 0.4) is 0 Å². The van der Waals surface area contributed by atoms with E-state index in [0.29, 0.717) is 10.4 Å². The molecule has 5 heteroatoms. The Morgan fingerprint density at radius 1 is 0.730 bits per heavy atom. The zero-order chi connectivity index (χ0) is 27.8. The van der Waals surface area contributed by atoms with Gasteiger partial charge in [0.15, 0.2) is 0 Å². The minimum absolute atomic E-state index is 0.178. The van der Waals surface area contributed by atoms with Crippen LogP contribution in [0.4, 0.5) is 0 Å². The van der Waals surface area contributed by atoms with E-state index < -0.39 is 5.97 Å². The van der Waals surface area contributed by atoms with Gasteiger partial charge in [0.1, 0.15) is 5.75 Å². The Morgan fingerprint density at radius 2 is 1.16 bits per heavy atom. The number of amides is 1. The molecule has 0 aliphatic heterocycles. The summed E-state index contributed by atoms with van der Waals surface area (Å²) < 4.78 is 0.467. The van der Waals surface area contributed by atoms with Crippen LogP contribution in [0.25, 0.3) is 0 Å². The normalized spacial score (nSPS) is 11.4. The number of nitrogens with zero attached hydrogens (tertiary/aromatic N) is 1. The van der Waals surface area contributed by atoms with Crippen LogP contribution in [-0.4, -0.2) is 42.6 Å². The van der Waals surface area contributed by atoms with E-state index in [0.717, 1.165) is 12.8 Å². The Kier molecular flexibility index (Phi) is 21.7. The topological polar surface area (TPSA) is 77.4 Å². The number of quaternary nitrogens is 1. The van der Waals surface area contributed by atoms with Crippen LogP contribution in [-0.2, 0) is 4.79 Å². The summed E-state index contributed by atoms with van der Waals surface area (Å²) in [5.74, 6) is -1.27. The summed E-state index contributed by atoms with van der Waals surface area (Å²) in [6.45, 7) is 2.28. The minimum atomic E-state index is -1.36. The van der Waals surface area contributed by atoms with Crippen molar-refractivity contribution >= 4 is 11.9 Å². The molecule has 0 heterocycles. The summed E-state index contributed by atoms with van der Waals surface area (Å²) in [6.07, 6.45) is 28.4. The van der Waals surface area contributed by atoms with Gasteiger partial charge in [-0.3, -0.25) is 4.48 Å². The monoisotopic (exact) mass is 517 g/mol. The Hall–Kier alpha value is -2.14. The quantitative estimate of drug-likeness (QED) is 0.110. The maximum atomic E-state index is 11.8. The average molecular weight is 518 g/mol. The van der Waals surface area contributed by atoms with Gasteiger partial charge in [0.25, 0.3) is 0 Å². The zero-order valence-electron chi connectivity index (χ0n) is 24.3. The molecule has 0 fully saturated rings. The molecular weight excluding hydrogens is 462 g/mol. The number of carboxylic acids is 1. The fourth-order valence-corrected chi connectivity index (χ4v) is 4.04. The lowest BCUT2D eigenvalue weighted by molar-refractivity contribution is -0.792. The molecule has 0 radical (unpaired) electrons. The highest BCUT2D eigenvalue weighted by atomic mass is 16.4. The van der Waals surface area contributed by atoms with Crippen LogP contribution >= 0.6 is 0 Å². The third kappa shape index (κ3) is 21.6. The lowest BCUT2D eigenvalue weighted by atomic mass is 10.1. The van der Waals surface area contributed by atoms with Crippen LogP contribution < -0.4 is 5.11 Å². The highest BCUT2D eigenvalue weighted by Crippen LogP contribution is 2.14.